The van der Waals surface area contributed by atoms with Crippen molar-refractivity contribution in [2.75, 3.05) is 0 Å². The van der Waals surface area contributed by atoms with Crippen molar-refractivity contribution < 1.29 is 0 Å². The molecule has 1 saturated carbocycles. The first-order valence-corrected chi connectivity index (χ1v) is 29.3. The number of aromatic nitrogens is 4. The van der Waals surface area contributed by atoms with Gasteiger partial charge in [0.25, 0.3) is 0 Å². The second kappa shape index (κ2) is 19.3. The Bertz CT molecular complexity index is 4730. The zero-order valence-electron chi connectivity index (χ0n) is 46.5. The molecule has 1 fully saturated rings. The lowest BCUT2D eigenvalue weighted by Crippen LogP contribution is -2.41. The molecule has 16 rings (SSSR count). The van der Waals surface area contributed by atoms with E-state index < -0.39 is 0 Å². The zero-order valence-corrected chi connectivity index (χ0v) is 46.5. The van der Waals surface area contributed by atoms with Crippen molar-refractivity contribution in [2.24, 2.45) is 0 Å². The Balaban J connectivity index is 0.836. The number of fused-ring (bicyclic) bond motifs is 12. The van der Waals surface area contributed by atoms with E-state index in [1.165, 1.54) is 104 Å². The fraction of sp³-hybridized carbons (Fsp3) is 0.0886. The molecule has 4 nitrogen and oxygen atoms in total. The van der Waals surface area contributed by atoms with Crippen LogP contribution >= 0.6 is 0 Å². The molecule has 0 aliphatic heterocycles. The number of nitrogens with zero attached hydrogens (tertiary/aromatic N) is 4. The molecule has 1 aliphatic carbocycles. The maximum absolute atomic E-state index is 5.13. The fourth-order valence-electron chi connectivity index (χ4n) is 14.9. The van der Waals surface area contributed by atoms with Gasteiger partial charge in [-0.3, -0.25) is 0 Å². The molecule has 0 radical (unpaired) electrons. The van der Waals surface area contributed by atoms with Crippen LogP contribution in [0.15, 0.2) is 297 Å². The maximum atomic E-state index is 5.13. The third-order valence-corrected chi connectivity index (χ3v) is 18.9. The minimum absolute atomic E-state index is 0.299. The van der Waals surface area contributed by atoms with Crippen LogP contribution in [-0.2, 0) is 10.8 Å². The molecule has 11 aromatic carbocycles. The molecule has 0 saturated heterocycles. The van der Waals surface area contributed by atoms with Gasteiger partial charge in [-0.15, -0.1) is 0 Å². The van der Waals surface area contributed by atoms with Crippen LogP contribution in [-0.4, -0.2) is 18.3 Å². The molecule has 0 spiro atoms. The molecule has 0 N–H and O–H groups in total. The minimum atomic E-state index is -0.370. The first-order valence-electron chi connectivity index (χ1n) is 29.3. The van der Waals surface area contributed by atoms with Gasteiger partial charge in [0.05, 0.1) is 44.1 Å². The number of allylic oxidation sites excluding steroid dienone is 5. The third-order valence-electron chi connectivity index (χ3n) is 18.9. The van der Waals surface area contributed by atoms with Gasteiger partial charge in [-0.2, -0.15) is 0 Å². The first kappa shape index (κ1) is 48.7. The van der Waals surface area contributed by atoms with E-state index >= 15 is 0 Å². The summed E-state index contributed by atoms with van der Waals surface area (Å²) >= 11 is 0. The first-order chi connectivity index (χ1) is 41.0. The second-order valence-electron chi connectivity index (χ2n) is 22.9. The Morgan fingerprint density at radius 3 is 0.880 bits per heavy atom. The van der Waals surface area contributed by atoms with E-state index in [1.807, 2.05) is 0 Å². The van der Waals surface area contributed by atoms with E-state index in [0.717, 1.165) is 54.0 Å². The van der Waals surface area contributed by atoms with Gasteiger partial charge in [-0.1, -0.05) is 201 Å². The molecular formula is C79H60N4. The summed E-state index contributed by atoms with van der Waals surface area (Å²) in [5.41, 5.74) is 18.7. The van der Waals surface area contributed by atoms with Crippen LogP contribution in [0.3, 0.4) is 0 Å². The monoisotopic (exact) mass is 1060 g/mol. The lowest BCUT2D eigenvalue weighted by Gasteiger charge is -2.48. The maximum Gasteiger partial charge on any atom is 0.0541 e. The van der Waals surface area contributed by atoms with Crippen molar-refractivity contribution in [3.05, 3.63) is 314 Å². The molecule has 4 heteroatoms. The van der Waals surface area contributed by atoms with Crippen molar-refractivity contribution >= 4 is 92.9 Å². The summed E-state index contributed by atoms with van der Waals surface area (Å²) in [5, 5.41) is 10.1. The van der Waals surface area contributed by atoms with Crippen molar-refractivity contribution in [3.63, 3.8) is 0 Å². The normalized spacial score (nSPS) is 14.6. The predicted octanol–water partition coefficient (Wildman–Crippen LogP) is 20.6. The molecule has 83 heavy (non-hydrogen) atoms. The van der Waals surface area contributed by atoms with Crippen LogP contribution in [0, 0.1) is 0 Å². The average Bonchev–Trinajstić information content (AvgIpc) is 3.77. The number of hydrogen-bond donors (Lipinski definition) is 0. The van der Waals surface area contributed by atoms with Crippen LogP contribution in [0.2, 0.25) is 0 Å². The Kier molecular flexibility index (Phi) is 11.3. The second-order valence-corrected chi connectivity index (χ2v) is 22.9. The van der Waals surface area contributed by atoms with Gasteiger partial charge in [0, 0.05) is 76.7 Å². The Morgan fingerprint density at radius 1 is 0.313 bits per heavy atom. The molecule has 0 unspecified atom stereocenters. The predicted molar refractivity (Wildman–Crippen MR) is 351 cm³/mol. The summed E-state index contributed by atoms with van der Waals surface area (Å²) in [6.07, 6.45) is 10.5. The van der Waals surface area contributed by atoms with Crippen LogP contribution < -0.4 is 0 Å². The van der Waals surface area contributed by atoms with E-state index in [9.17, 15) is 0 Å². The van der Waals surface area contributed by atoms with E-state index in [0.29, 0.717) is 0 Å². The summed E-state index contributed by atoms with van der Waals surface area (Å²) in [4.78, 5) is 0. The van der Waals surface area contributed by atoms with E-state index in [-0.39, 0.29) is 10.8 Å². The number of hydrogen-bond acceptors (Lipinski definition) is 0. The highest BCUT2D eigenvalue weighted by atomic mass is 15.0. The molecule has 1 aliphatic rings. The van der Waals surface area contributed by atoms with Crippen LogP contribution in [0.1, 0.15) is 49.3 Å². The van der Waals surface area contributed by atoms with Crippen molar-refractivity contribution in [1.82, 2.24) is 18.3 Å². The summed E-state index contributed by atoms with van der Waals surface area (Å²) < 4.78 is 9.72. The van der Waals surface area contributed by atoms with Gasteiger partial charge in [0.2, 0.25) is 0 Å². The molecule has 0 amide bonds. The van der Waals surface area contributed by atoms with E-state index in [2.05, 4.69) is 310 Å². The molecule has 396 valence electrons. The number of para-hydroxylation sites is 8. The average molecular weight is 1070 g/mol. The van der Waals surface area contributed by atoms with Crippen molar-refractivity contribution in [1.29, 1.82) is 0 Å². The number of rotatable bonds is 10. The van der Waals surface area contributed by atoms with E-state index in [4.69, 9.17) is 6.58 Å². The van der Waals surface area contributed by atoms with Gasteiger partial charge >= 0.3 is 0 Å². The van der Waals surface area contributed by atoms with Crippen LogP contribution in [0.4, 0.5) is 0 Å². The lowest BCUT2D eigenvalue weighted by atomic mass is 9.55. The highest BCUT2D eigenvalue weighted by Crippen LogP contribution is 2.55. The van der Waals surface area contributed by atoms with Gasteiger partial charge in [0.15, 0.2) is 0 Å². The fourth-order valence-corrected chi connectivity index (χ4v) is 14.9. The quantitative estimate of drug-likeness (QED) is 0.122. The van der Waals surface area contributed by atoms with Crippen LogP contribution in [0.25, 0.3) is 110 Å². The van der Waals surface area contributed by atoms with Gasteiger partial charge < -0.3 is 18.3 Å². The van der Waals surface area contributed by atoms with Gasteiger partial charge in [-0.25, -0.2) is 0 Å². The molecule has 0 bridgehead atoms. The Morgan fingerprint density at radius 2 is 0.578 bits per heavy atom. The molecule has 4 aromatic heterocycles. The van der Waals surface area contributed by atoms with Crippen molar-refractivity contribution in [3.8, 4) is 17.1 Å². The highest BCUT2D eigenvalue weighted by molar-refractivity contribution is 6.12. The zero-order chi connectivity index (χ0) is 55.2. The standard InChI is InChI=1S/C79H60N4/c1-3-58(80-70-28-12-4-20-62(70)63-21-5-13-29-71(63)80)43-36-54(2)78(55-37-44-59(45-38-55)81-72-30-14-6-22-64(72)65-23-7-15-31-73(65)81)50-52-79(53-51-78,56-39-46-60(47-40-56)82-74-32-16-8-24-66(74)67-25-9-17-33-75(67)82)57-41-48-61(49-42-57)83-76-34-18-10-26-68(76)69-27-11-19-35-77(69)83/h3-49H,2,50-53H2,1H3/b43-36-,58-3+. The van der Waals surface area contributed by atoms with E-state index in [1.54, 1.807) is 0 Å². The minimum Gasteiger partial charge on any atom is -0.310 e. The summed E-state index contributed by atoms with van der Waals surface area (Å²) in [6, 6.07) is 99.1. The smallest absolute Gasteiger partial charge is 0.0541 e. The number of benzene rings is 11. The lowest BCUT2D eigenvalue weighted by molar-refractivity contribution is 0.256. The van der Waals surface area contributed by atoms with Crippen molar-refractivity contribution in [2.45, 2.75) is 43.4 Å². The molecule has 0 atom stereocenters. The molecule has 15 aromatic rings. The third kappa shape index (κ3) is 7.45. The topological polar surface area (TPSA) is 19.7 Å². The van der Waals surface area contributed by atoms with Gasteiger partial charge in [0.1, 0.15) is 0 Å². The highest BCUT2D eigenvalue weighted by Gasteiger charge is 2.46. The molecule has 4 heterocycles. The summed E-state index contributed by atoms with van der Waals surface area (Å²) in [7, 11) is 0. The van der Waals surface area contributed by atoms with Crippen LogP contribution in [0.5, 0.6) is 0 Å². The SMILES string of the molecule is C=C(/C=C\C(=C/C)n1c2ccccc2c2ccccc21)C1(c2ccc(-n3c4ccccc4c4ccccc43)cc2)CCC(c2ccc(-n3c4ccccc4c4ccccc43)cc2)(c2ccc(-n3c4ccccc4c4ccccc43)cc2)CC1. The van der Waals surface area contributed by atoms with Gasteiger partial charge in [-0.05, 0) is 146 Å². The summed E-state index contributed by atoms with van der Waals surface area (Å²) in [6.45, 7) is 7.29. The molecular weight excluding hydrogens is 1000 g/mol. The largest absolute Gasteiger partial charge is 0.310 e. The Labute approximate surface area is 483 Å². The Hall–Kier alpha value is -10.2. The summed E-state index contributed by atoms with van der Waals surface area (Å²) in [5.74, 6) is 0.